The third-order valence-corrected chi connectivity index (χ3v) is 8.00. The van der Waals surface area contributed by atoms with Crippen LogP contribution in [0, 0.1) is 0 Å². The van der Waals surface area contributed by atoms with Crippen LogP contribution in [0.4, 0.5) is 0 Å². The first kappa shape index (κ1) is 32.9. The molecule has 7 nitrogen and oxygen atoms in total. The van der Waals surface area contributed by atoms with Crippen LogP contribution >= 0.6 is 11.3 Å². The summed E-state index contributed by atoms with van der Waals surface area (Å²) >= 11 is 1.76. The Morgan fingerprint density at radius 1 is 0.929 bits per heavy atom. The van der Waals surface area contributed by atoms with Crippen molar-refractivity contribution in [2.75, 3.05) is 19.6 Å². The summed E-state index contributed by atoms with van der Waals surface area (Å²) in [5.41, 5.74) is 3.44. The van der Waals surface area contributed by atoms with E-state index in [-0.39, 0.29) is 23.4 Å². The number of likely N-dealkylation sites (tertiary alicyclic amines) is 1. The molecule has 2 aromatic carbocycles. The lowest BCUT2D eigenvalue weighted by Crippen LogP contribution is -2.38. The first-order valence-corrected chi connectivity index (χ1v) is 15.1. The van der Waals surface area contributed by atoms with Gasteiger partial charge in [0.15, 0.2) is 5.78 Å². The van der Waals surface area contributed by atoms with Crippen LogP contribution < -0.4 is 0 Å². The van der Waals surface area contributed by atoms with Gasteiger partial charge in [-0.3, -0.25) is 4.79 Å². The molecule has 4 rings (SSSR count). The Morgan fingerprint density at radius 3 is 2.07 bits per heavy atom. The Labute approximate surface area is 252 Å². The van der Waals surface area contributed by atoms with E-state index in [1.54, 1.807) is 11.3 Å². The van der Waals surface area contributed by atoms with Crippen molar-refractivity contribution in [3.05, 3.63) is 106 Å². The number of benzene rings is 2. The topological polar surface area (TPSA) is 104 Å². The molecule has 42 heavy (non-hydrogen) atoms. The zero-order valence-corrected chi connectivity index (χ0v) is 25.4. The van der Waals surface area contributed by atoms with Crippen molar-refractivity contribution in [1.82, 2.24) is 4.90 Å². The van der Waals surface area contributed by atoms with Gasteiger partial charge in [-0.2, -0.15) is 0 Å². The minimum absolute atomic E-state index is 0.0139. The summed E-state index contributed by atoms with van der Waals surface area (Å²) in [5, 5.41) is 17.7. The van der Waals surface area contributed by atoms with E-state index in [2.05, 4.69) is 85.6 Å². The molecule has 0 bridgehead atoms. The Kier molecular flexibility index (Phi) is 12.7. The summed E-state index contributed by atoms with van der Waals surface area (Å²) in [6, 6.07) is 23.0. The lowest BCUT2D eigenvalue weighted by Gasteiger charge is -2.34. The van der Waals surface area contributed by atoms with Gasteiger partial charge in [-0.25, -0.2) is 9.59 Å². The van der Waals surface area contributed by atoms with Gasteiger partial charge in [-0.15, -0.1) is 11.3 Å². The lowest BCUT2D eigenvalue weighted by atomic mass is 9.86. The zero-order valence-electron chi connectivity index (χ0n) is 24.6. The Balaban J connectivity index is 0.000000531. The van der Waals surface area contributed by atoms with E-state index in [1.807, 2.05) is 12.1 Å². The average Bonchev–Trinajstić information content (AvgIpc) is 3.51. The zero-order chi connectivity index (χ0) is 30.5. The molecule has 224 valence electrons. The number of carbonyl (C=O) groups is 3. The quantitative estimate of drug-likeness (QED) is 0.183. The van der Waals surface area contributed by atoms with Crippen LogP contribution in [-0.4, -0.2) is 58.6 Å². The standard InChI is InChI=1S/C30H37NO2S.C4H4O4/c1-30(2,3)25-15-13-23(14-16-25)27(32)11-7-19-31-20-17-26(18-21-31)33-29(28-12-8-22-34-28)24-9-5-4-6-10-24;5-3(6)1-2-4(7)8/h4-6,8-10,12-16,22,26,29H,7,11,17-21H2,1-3H3;1-2H,(H,5,6)(H,7,8)/b;2-1+. The summed E-state index contributed by atoms with van der Waals surface area (Å²) in [6.45, 7) is 9.63. The second kappa shape index (κ2) is 16.2. The third kappa shape index (κ3) is 11.0. The van der Waals surface area contributed by atoms with Crippen LogP contribution in [0.25, 0.3) is 0 Å². The monoisotopic (exact) mass is 591 g/mol. The highest BCUT2D eigenvalue weighted by atomic mass is 32.1. The molecule has 1 atom stereocenters. The van der Waals surface area contributed by atoms with E-state index in [0.717, 1.165) is 44.5 Å². The Morgan fingerprint density at radius 2 is 1.55 bits per heavy atom. The number of ether oxygens (including phenoxy) is 1. The van der Waals surface area contributed by atoms with Crippen molar-refractivity contribution in [2.24, 2.45) is 0 Å². The van der Waals surface area contributed by atoms with Gasteiger partial charge in [-0.05, 0) is 53.8 Å². The number of carbonyl (C=O) groups excluding carboxylic acids is 1. The number of thiophene rings is 1. The van der Waals surface area contributed by atoms with E-state index in [9.17, 15) is 14.4 Å². The van der Waals surface area contributed by atoms with Crippen LogP contribution in [0.2, 0.25) is 0 Å². The fourth-order valence-electron chi connectivity index (χ4n) is 4.75. The minimum atomic E-state index is -1.26. The van der Waals surface area contributed by atoms with E-state index >= 15 is 0 Å². The van der Waals surface area contributed by atoms with Gasteiger partial charge < -0.3 is 19.8 Å². The molecule has 1 aromatic heterocycles. The maximum absolute atomic E-state index is 12.6. The number of carboxylic acid groups (broad SMARTS) is 2. The number of rotatable bonds is 11. The maximum atomic E-state index is 12.6. The number of Topliss-reactive ketones (excluding diaryl/α,β-unsaturated/α-hetero) is 1. The van der Waals surface area contributed by atoms with Gasteiger partial charge in [0, 0.05) is 42.1 Å². The Hall–Kier alpha value is -3.59. The predicted octanol–water partition coefficient (Wildman–Crippen LogP) is 6.99. The largest absolute Gasteiger partial charge is 0.478 e. The van der Waals surface area contributed by atoms with E-state index in [0.29, 0.717) is 18.6 Å². The molecule has 1 aliphatic heterocycles. The van der Waals surface area contributed by atoms with E-state index in [1.165, 1.54) is 16.0 Å². The van der Waals surface area contributed by atoms with Crippen molar-refractivity contribution >= 4 is 29.1 Å². The molecule has 2 N–H and O–H groups in total. The summed E-state index contributed by atoms with van der Waals surface area (Å²) in [7, 11) is 0. The summed E-state index contributed by atoms with van der Waals surface area (Å²) in [6.07, 6.45) is 5.00. The van der Waals surface area contributed by atoms with Gasteiger partial charge in [0.05, 0.1) is 6.10 Å². The highest BCUT2D eigenvalue weighted by Gasteiger charge is 2.25. The number of carboxylic acids is 2. The number of nitrogens with zero attached hydrogens (tertiary/aromatic N) is 1. The number of aliphatic carboxylic acids is 2. The minimum Gasteiger partial charge on any atom is -0.478 e. The summed E-state index contributed by atoms with van der Waals surface area (Å²) in [5.74, 6) is -2.26. The molecule has 1 aliphatic rings. The third-order valence-electron chi connectivity index (χ3n) is 7.09. The lowest BCUT2D eigenvalue weighted by molar-refractivity contribution is -0.134. The Bertz CT molecular complexity index is 1270. The van der Waals surface area contributed by atoms with Crippen LogP contribution in [-0.2, 0) is 19.7 Å². The number of piperidine rings is 1. The molecule has 0 spiro atoms. The van der Waals surface area contributed by atoms with Crippen LogP contribution in [0.3, 0.4) is 0 Å². The molecule has 0 radical (unpaired) electrons. The van der Waals surface area contributed by atoms with Crippen LogP contribution in [0.5, 0.6) is 0 Å². The first-order valence-electron chi connectivity index (χ1n) is 14.3. The maximum Gasteiger partial charge on any atom is 0.328 e. The van der Waals surface area contributed by atoms with Crippen molar-refractivity contribution < 1.29 is 29.3 Å². The van der Waals surface area contributed by atoms with Crippen molar-refractivity contribution in [2.45, 2.75) is 64.1 Å². The van der Waals surface area contributed by atoms with Gasteiger partial charge in [0.2, 0.25) is 0 Å². The second-order valence-electron chi connectivity index (χ2n) is 11.3. The van der Waals surface area contributed by atoms with Crippen LogP contribution in [0.1, 0.15) is 78.9 Å². The van der Waals surface area contributed by atoms with Gasteiger partial charge >= 0.3 is 11.9 Å². The summed E-state index contributed by atoms with van der Waals surface area (Å²) < 4.78 is 6.63. The SMILES string of the molecule is CC(C)(C)c1ccc(C(=O)CCCN2CCC(OC(c3ccccc3)c3cccs3)CC2)cc1.O=C(O)/C=C/C(=O)O. The molecule has 0 saturated carbocycles. The highest BCUT2D eigenvalue weighted by Crippen LogP contribution is 2.32. The second-order valence-corrected chi connectivity index (χ2v) is 12.3. The molecule has 0 amide bonds. The normalized spacial score (nSPS) is 15.1. The smallest absolute Gasteiger partial charge is 0.328 e. The number of ketones is 1. The van der Waals surface area contributed by atoms with Crippen molar-refractivity contribution in [3.8, 4) is 0 Å². The molecule has 1 fully saturated rings. The summed E-state index contributed by atoms with van der Waals surface area (Å²) in [4.78, 5) is 35.5. The van der Waals surface area contributed by atoms with Gasteiger partial charge in [-0.1, -0.05) is 81.4 Å². The van der Waals surface area contributed by atoms with E-state index in [4.69, 9.17) is 14.9 Å². The number of hydrogen-bond donors (Lipinski definition) is 2. The first-order chi connectivity index (χ1) is 20.0. The molecular formula is C34H41NO6S. The molecule has 1 saturated heterocycles. The molecule has 0 aliphatic carbocycles. The molecule has 8 heteroatoms. The van der Waals surface area contributed by atoms with E-state index < -0.39 is 11.9 Å². The van der Waals surface area contributed by atoms with Gasteiger partial charge in [0.25, 0.3) is 0 Å². The number of hydrogen-bond acceptors (Lipinski definition) is 6. The predicted molar refractivity (Wildman–Crippen MR) is 166 cm³/mol. The molecule has 3 aromatic rings. The van der Waals surface area contributed by atoms with Crippen LogP contribution in [0.15, 0.2) is 84.3 Å². The molecule has 1 unspecified atom stereocenters. The molecular weight excluding hydrogens is 550 g/mol. The van der Waals surface area contributed by atoms with Gasteiger partial charge in [0.1, 0.15) is 6.10 Å². The molecule has 2 heterocycles. The average molecular weight is 592 g/mol. The van der Waals surface area contributed by atoms with Crippen molar-refractivity contribution in [3.63, 3.8) is 0 Å². The fraction of sp³-hybridized carbons (Fsp3) is 0.382. The van der Waals surface area contributed by atoms with Crippen molar-refractivity contribution in [1.29, 1.82) is 0 Å². The fourth-order valence-corrected chi connectivity index (χ4v) is 5.53. The highest BCUT2D eigenvalue weighted by molar-refractivity contribution is 7.10.